The Bertz CT molecular complexity index is 871. The van der Waals surface area contributed by atoms with Crippen LogP contribution in [0.5, 0.6) is 0 Å². The van der Waals surface area contributed by atoms with Crippen LogP contribution < -0.4 is 0 Å². The Labute approximate surface area is 156 Å². The monoisotopic (exact) mass is 370 g/mol. The van der Waals surface area contributed by atoms with Gasteiger partial charge in [0.25, 0.3) is 0 Å². The summed E-state index contributed by atoms with van der Waals surface area (Å²) in [5, 5.41) is 0. The van der Waals surface area contributed by atoms with Crippen molar-refractivity contribution in [1.82, 2.24) is 9.80 Å². The molecule has 0 aliphatic carbocycles. The van der Waals surface area contributed by atoms with E-state index in [1.165, 1.54) is 12.1 Å². The van der Waals surface area contributed by atoms with Crippen molar-refractivity contribution >= 4 is 5.91 Å². The molecule has 0 bridgehead atoms. The Morgan fingerprint density at radius 2 is 1.85 bits per heavy atom. The molecule has 0 unspecified atom stereocenters. The van der Waals surface area contributed by atoms with E-state index in [4.69, 9.17) is 4.74 Å². The maximum Gasteiger partial charge on any atom is 0.227 e. The van der Waals surface area contributed by atoms with Gasteiger partial charge in [0.1, 0.15) is 11.6 Å². The molecule has 27 heavy (non-hydrogen) atoms. The number of hydrogen-bond donors (Lipinski definition) is 0. The summed E-state index contributed by atoms with van der Waals surface area (Å²) in [7, 11) is 0. The Balaban J connectivity index is 1.42. The van der Waals surface area contributed by atoms with E-state index in [1.807, 2.05) is 35.2 Å². The second-order valence-corrected chi connectivity index (χ2v) is 7.56. The molecular weight excluding hydrogens is 350 g/mol. The van der Waals surface area contributed by atoms with Gasteiger partial charge in [0, 0.05) is 32.0 Å². The number of carbonyl (C=O) groups excluding carboxylic acids is 1. The molecule has 140 valence electrons. The van der Waals surface area contributed by atoms with Crippen LogP contribution in [-0.4, -0.2) is 40.6 Å². The van der Waals surface area contributed by atoms with Crippen LogP contribution in [0.25, 0.3) is 0 Å². The Hall–Kier alpha value is -2.31. The summed E-state index contributed by atoms with van der Waals surface area (Å²) in [6.45, 7) is 1.62. The Morgan fingerprint density at radius 3 is 2.59 bits per heavy atom. The quantitative estimate of drug-likeness (QED) is 0.832. The van der Waals surface area contributed by atoms with Gasteiger partial charge in [0.05, 0.1) is 18.7 Å². The molecule has 3 aliphatic rings. The smallest absolute Gasteiger partial charge is 0.227 e. The molecule has 0 saturated carbocycles. The zero-order chi connectivity index (χ0) is 18.6. The van der Waals surface area contributed by atoms with Gasteiger partial charge in [0.15, 0.2) is 5.72 Å². The topological polar surface area (TPSA) is 32.8 Å². The van der Waals surface area contributed by atoms with Gasteiger partial charge in [-0.3, -0.25) is 9.69 Å². The first-order valence-corrected chi connectivity index (χ1v) is 9.27. The standard InChI is InChI=1S/C21H20F2N2O2/c22-16-8-14(9-17(23)10-16)12-24-7-6-21-19(24)11-20(26)25(21)18(13-27-21)15-4-2-1-3-5-15/h1-5,8-10,18-19H,6-7,11-13H2/t18-,19+,21-/m0/s1. The summed E-state index contributed by atoms with van der Waals surface area (Å²) >= 11 is 0. The number of ether oxygens (including phenoxy) is 1. The molecule has 3 fully saturated rings. The molecule has 3 heterocycles. The van der Waals surface area contributed by atoms with E-state index >= 15 is 0 Å². The highest BCUT2D eigenvalue weighted by Gasteiger charge is 2.64. The highest BCUT2D eigenvalue weighted by Crippen LogP contribution is 2.51. The molecule has 1 spiro atoms. The molecule has 2 aromatic rings. The number of benzene rings is 2. The fourth-order valence-corrected chi connectivity index (χ4v) is 4.98. The molecule has 3 atom stereocenters. The van der Waals surface area contributed by atoms with Crippen LogP contribution >= 0.6 is 0 Å². The molecular formula is C21H20F2N2O2. The molecule has 3 saturated heterocycles. The van der Waals surface area contributed by atoms with Crippen molar-refractivity contribution in [2.75, 3.05) is 13.2 Å². The Kier molecular flexibility index (Phi) is 3.81. The van der Waals surface area contributed by atoms with Gasteiger partial charge in [-0.05, 0) is 23.3 Å². The third-order valence-electron chi connectivity index (χ3n) is 6.06. The third kappa shape index (κ3) is 2.58. The van der Waals surface area contributed by atoms with E-state index in [2.05, 4.69) is 4.90 Å². The second kappa shape index (κ2) is 6.11. The van der Waals surface area contributed by atoms with Crippen LogP contribution in [0.15, 0.2) is 48.5 Å². The summed E-state index contributed by atoms with van der Waals surface area (Å²) < 4.78 is 33.3. The lowest BCUT2D eigenvalue weighted by Crippen LogP contribution is -2.48. The van der Waals surface area contributed by atoms with Crippen LogP contribution in [0.2, 0.25) is 0 Å². The summed E-state index contributed by atoms with van der Waals surface area (Å²) in [5.74, 6) is -1.07. The second-order valence-electron chi connectivity index (χ2n) is 7.56. The van der Waals surface area contributed by atoms with E-state index in [0.717, 1.165) is 18.2 Å². The fourth-order valence-electron chi connectivity index (χ4n) is 4.98. The highest BCUT2D eigenvalue weighted by molar-refractivity contribution is 5.82. The lowest BCUT2D eigenvalue weighted by Gasteiger charge is -2.33. The number of nitrogens with zero attached hydrogens (tertiary/aromatic N) is 2. The first-order chi connectivity index (χ1) is 13.1. The molecule has 0 radical (unpaired) electrons. The van der Waals surface area contributed by atoms with Gasteiger partial charge in [-0.15, -0.1) is 0 Å². The van der Waals surface area contributed by atoms with Crippen LogP contribution in [0.1, 0.15) is 30.0 Å². The summed E-state index contributed by atoms with van der Waals surface area (Å²) in [4.78, 5) is 16.9. The van der Waals surface area contributed by atoms with Crippen molar-refractivity contribution < 1.29 is 18.3 Å². The number of rotatable bonds is 3. The van der Waals surface area contributed by atoms with Gasteiger partial charge in [-0.1, -0.05) is 30.3 Å². The van der Waals surface area contributed by atoms with E-state index in [9.17, 15) is 13.6 Å². The number of halogens is 2. The lowest BCUT2D eigenvalue weighted by atomic mass is 10.0. The zero-order valence-electron chi connectivity index (χ0n) is 14.8. The third-order valence-corrected chi connectivity index (χ3v) is 6.06. The Morgan fingerprint density at radius 1 is 1.11 bits per heavy atom. The molecule has 6 heteroatoms. The molecule has 3 aliphatic heterocycles. The molecule has 0 N–H and O–H groups in total. The highest BCUT2D eigenvalue weighted by atomic mass is 19.1. The predicted molar refractivity (Wildman–Crippen MR) is 94.5 cm³/mol. The zero-order valence-corrected chi connectivity index (χ0v) is 14.8. The lowest BCUT2D eigenvalue weighted by molar-refractivity contribution is -0.138. The van der Waals surface area contributed by atoms with Crippen molar-refractivity contribution in [2.45, 2.75) is 37.2 Å². The normalized spacial score (nSPS) is 30.0. The van der Waals surface area contributed by atoms with Crippen molar-refractivity contribution in [2.24, 2.45) is 0 Å². The summed E-state index contributed by atoms with van der Waals surface area (Å²) in [6, 6.07) is 13.4. The van der Waals surface area contributed by atoms with Gasteiger partial charge in [-0.25, -0.2) is 8.78 Å². The van der Waals surface area contributed by atoms with Crippen LogP contribution in [0.4, 0.5) is 8.78 Å². The average Bonchev–Trinajstić information content (AvgIpc) is 3.25. The van der Waals surface area contributed by atoms with Crippen LogP contribution in [0, 0.1) is 11.6 Å². The fraction of sp³-hybridized carbons (Fsp3) is 0.381. The number of likely N-dealkylation sites (tertiary alicyclic amines) is 1. The summed E-state index contributed by atoms with van der Waals surface area (Å²) in [6.07, 6.45) is 1.09. The maximum absolute atomic E-state index is 13.5. The van der Waals surface area contributed by atoms with Crippen LogP contribution in [0.3, 0.4) is 0 Å². The van der Waals surface area contributed by atoms with E-state index < -0.39 is 17.4 Å². The first kappa shape index (κ1) is 16.8. The summed E-state index contributed by atoms with van der Waals surface area (Å²) in [5.41, 5.74) is 1.03. The van der Waals surface area contributed by atoms with E-state index in [0.29, 0.717) is 31.6 Å². The minimum Gasteiger partial charge on any atom is -0.351 e. The van der Waals surface area contributed by atoms with Crippen molar-refractivity contribution in [3.05, 3.63) is 71.3 Å². The first-order valence-electron chi connectivity index (χ1n) is 9.27. The largest absolute Gasteiger partial charge is 0.351 e. The van der Waals surface area contributed by atoms with Gasteiger partial charge >= 0.3 is 0 Å². The van der Waals surface area contributed by atoms with E-state index in [-0.39, 0.29) is 18.0 Å². The van der Waals surface area contributed by atoms with E-state index in [1.54, 1.807) is 0 Å². The van der Waals surface area contributed by atoms with Crippen molar-refractivity contribution in [3.8, 4) is 0 Å². The van der Waals surface area contributed by atoms with Gasteiger partial charge in [0.2, 0.25) is 5.91 Å². The number of amides is 1. The minimum atomic E-state index is -0.622. The molecule has 2 aromatic carbocycles. The van der Waals surface area contributed by atoms with Crippen LogP contribution in [-0.2, 0) is 16.1 Å². The van der Waals surface area contributed by atoms with Gasteiger partial charge < -0.3 is 9.64 Å². The number of hydrogen-bond acceptors (Lipinski definition) is 3. The van der Waals surface area contributed by atoms with Gasteiger partial charge in [-0.2, -0.15) is 0 Å². The average molecular weight is 370 g/mol. The molecule has 1 amide bonds. The minimum absolute atomic E-state index is 0.0738. The predicted octanol–water partition coefficient (Wildman–Crippen LogP) is 3.24. The van der Waals surface area contributed by atoms with Crippen molar-refractivity contribution in [1.29, 1.82) is 0 Å². The maximum atomic E-state index is 13.5. The SMILES string of the molecule is O=C1C[C@H]2N(Cc3cc(F)cc(F)c3)CC[C@]23OC[C@@H](c2ccccc2)N13. The molecule has 0 aromatic heterocycles. The van der Waals surface area contributed by atoms with Crippen molar-refractivity contribution in [3.63, 3.8) is 0 Å². The molecule has 5 rings (SSSR count). The molecule has 4 nitrogen and oxygen atoms in total. The number of carbonyl (C=O) groups is 1.